The Balaban J connectivity index is 2.63. The summed E-state index contributed by atoms with van der Waals surface area (Å²) in [7, 11) is 0. The molecule has 2 bridgehead atoms. The fraction of sp³-hybridized carbons (Fsp3) is 0.333. The van der Waals surface area contributed by atoms with E-state index in [1.807, 2.05) is 12.1 Å². The van der Waals surface area contributed by atoms with Crippen LogP contribution in [-0.2, 0) is 6.54 Å². The topological polar surface area (TPSA) is 26.0 Å². The fourth-order valence-corrected chi connectivity index (χ4v) is 2.21. The lowest BCUT2D eigenvalue weighted by Crippen LogP contribution is -2.11. The summed E-state index contributed by atoms with van der Waals surface area (Å²) in [6.07, 6.45) is 4.08. The van der Waals surface area contributed by atoms with E-state index >= 15 is 0 Å². The van der Waals surface area contributed by atoms with E-state index in [0.29, 0.717) is 17.4 Å². The van der Waals surface area contributed by atoms with Crippen molar-refractivity contribution >= 4 is 11.6 Å². The maximum Gasteiger partial charge on any atom is 0.128 e. The summed E-state index contributed by atoms with van der Waals surface area (Å²) in [4.78, 5) is 0. The van der Waals surface area contributed by atoms with Gasteiger partial charge < -0.3 is 5.73 Å². The standard InChI is InChI=1S/C15H18FN/c1-9-4-5-12-6-13(11(3)10(9)2)7-15(16)14(12)8-17/h4-7,9-10H,3,8,17H2,1-2H3/t9?,10-/m0/s1. The van der Waals surface area contributed by atoms with Gasteiger partial charge in [-0.25, -0.2) is 4.39 Å². The molecule has 0 amide bonds. The molecular formula is C15H18FN. The molecule has 1 nitrogen and oxygen atoms in total. The van der Waals surface area contributed by atoms with Gasteiger partial charge in [-0.15, -0.1) is 0 Å². The Bertz CT molecular complexity index is 488. The predicted molar refractivity (Wildman–Crippen MR) is 70.7 cm³/mol. The minimum Gasteiger partial charge on any atom is -0.326 e. The molecule has 0 aliphatic heterocycles. The lowest BCUT2D eigenvalue weighted by molar-refractivity contribution is 0.572. The number of hydrogen-bond acceptors (Lipinski definition) is 1. The Hall–Kier alpha value is -1.41. The highest BCUT2D eigenvalue weighted by atomic mass is 19.1. The second-order valence-electron chi connectivity index (χ2n) is 4.76. The molecule has 2 rings (SSSR count). The van der Waals surface area contributed by atoms with E-state index < -0.39 is 0 Å². The van der Waals surface area contributed by atoms with E-state index in [1.54, 1.807) is 6.07 Å². The van der Waals surface area contributed by atoms with Crippen molar-refractivity contribution in [2.45, 2.75) is 20.4 Å². The second-order valence-corrected chi connectivity index (χ2v) is 4.76. The van der Waals surface area contributed by atoms with Crippen molar-refractivity contribution in [3.05, 3.63) is 47.3 Å². The molecule has 1 aromatic carbocycles. The summed E-state index contributed by atoms with van der Waals surface area (Å²) in [5.74, 6) is 0.491. The van der Waals surface area contributed by atoms with Gasteiger partial charge in [-0.3, -0.25) is 0 Å². The summed E-state index contributed by atoms with van der Waals surface area (Å²) in [6.45, 7) is 8.58. The van der Waals surface area contributed by atoms with E-state index in [9.17, 15) is 4.39 Å². The van der Waals surface area contributed by atoms with E-state index in [4.69, 9.17) is 5.73 Å². The Kier molecular flexibility index (Phi) is 3.16. The average Bonchev–Trinajstić information content (AvgIpc) is 2.32. The molecule has 0 spiro atoms. The summed E-state index contributed by atoms with van der Waals surface area (Å²) >= 11 is 0. The Morgan fingerprint density at radius 3 is 2.71 bits per heavy atom. The lowest BCUT2D eigenvalue weighted by Gasteiger charge is -2.23. The molecule has 17 heavy (non-hydrogen) atoms. The molecule has 2 N–H and O–H groups in total. The zero-order valence-corrected chi connectivity index (χ0v) is 10.3. The van der Waals surface area contributed by atoms with Crippen LogP contribution >= 0.6 is 0 Å². The number of hydrogen-bond donors (Lipinski definition) is 1. The van der Waals surface area contributed by atoms with Crippen molar-refractivity contribution in [1.82, 2.24) is 0 Å². The fourth-order valence-electron chi connectivity index (χ4n) is 2.21. The van der Waals surface area contributed by atoms with E-state index in [2.05, 4.69) is 26.5 Å². The SMILES string of the molecule is C=C1c2cc(F)c(CN)c(c2)C=CC(C)[C@@H]1C. The summed E-state index contributed by atoms with van der Waals surface area (Å²) in [6, 6.07) is 3.53. The van der Waals surface area contributed by atoms with Gasteiger partial charge in [-0.1, -0.05) is 32.6 Å². The zero-order chi connectivity index (χ0) is 12.6. The van der Waals surface area contributed by atoms with Crippen LogP contribution < -0.4 is 5.73 Å². The molecule has 1 aliphatic rings. The highest BCUT2D eigenvalue weighted by molar-refractivity contribution is 5.71. The maximum atomic E-state index is 13.9. The van der Waals surface area contributed by atoms with Gasteiger partial charge in [0.25, 0.3) is 0 Å². The van der Waals surface area contributed by atoms with Crippen LogP contribution in [0.4, 0.5) is 4.39 Å². The van der Waals surface area contributed by atoms with Crippen LogP contribution in [0.3, 0.4) is 0 Å². The first-order chi connectivity index (χ1) is 8.04. The van der Waals surface area contributed by atoms with Crippen molar-refractivity contribution in [3.8, 4) is 0 Å². The van der Waals surface area contributed by atoms with Crippen LogP contribution in [0.1, 0.15) is 30.5 Å². The van der Waals surface area contributed by atoms with Crippen molar-refractivity contribution in [2.24, 2.45) is 17.6 Å². The number of halogens is 1. The number of nitrogens with two attached hydrogens (primary N) is 1. The molecule has 1 aliphatic carbocycles. The van der Waals surface area contributed by atoms with Crippen LogP contribution in [0.5, 0.6) is 0 Å². The van der Waals surface area contributed by atoms with Gasteiger partial charge in [0.1, 0.15) is 5.82 Å². The average molecular weight is 231 g/mol. The molecule has 0 aromatic heterocycles. The van der Waals surface area contributed by atoms with Gasteiger partial charge in [-0.2, -0.15) is 0 Å². The van der Waals surface area contributed by atoms with E-state index in [1.165, 1.54) is 0 Å². The Morgan fingerprint density at radius 2 is 2.06 bits per heavy atom. The van der Waals surface area contributed by atoms with Crippen LogP contribution in [0.15, 0.2) is 24.8 Å². The third kappa shape index (κ3) is 2.05. The van der Waals surface area contributed by atoms with E-state index in [0.717, 1.165) is 16.7 Å². The zero-order valence-electron chi connectivity index (χ0n) is 10.3. The van der Waals surface area contributed by atoms with Crippen molar-refractivity contribution < 1.29 is 4.39 Å². The smallest absolute Gasteiger partial charge is 0.128 e. The van der Waals surface area contributed by atoms with Crippen molar-refractivity contribution in [2.75, 3.05) is 0 Å². The minimum absolute atomic E-state index is 0.224. The molecule has 0 heterocycles. The molecule has 0 fully saturated rings. The third-order valence-electron chi connectivity index (χ3n) is 3.72. The van der Waals surface area contributed by atoms with Crippen molar-refractivity contribution in [1.29, 1.82) is 0 Å². The molecule has 0 radical (unpaired) electrons. The molecule has 2 heteroatoms. The first-order valence-electron chi connectivity index (χ1n) is 5.94. The number of rotatable bonds is 1. The van der Waals surface area contributed by atoms with Gasteiger partial charge in [0.2, 0.25) is 0 Å². The first-order valence-corrected chi connectivity index (χ1v) is 5.94. The first kappa shape index (κ1) is 12.1. The van der Waals surface area contributed by atoms with Crippen LogP contribution in [-0.4, -0.2) is 0 Å². The minimum atomic E-state index is -0.229. The van der Waals surface area contributed by atoms with E-state index in [-0.39, 0.29) is 12.4 Å². The normalized spacial score (nSPS) is 23.4. The largest absolute Gasteiger partial charge is 0.326 e. The molecular weight excluding hydrogens is 213 g/mol. The highest BCUT2D eigenvalue weighted by Crippen LogP contribution is 2.33. The molecule has 0 saturated carbocycles. The summed E-state index contributed by atoms with van der Waals surface area (Å²) < 4.78 is 13.9. The molecule has 1 unspecified atom stereocenters. The second kappa shape index (κ2) is 4.46. The summed E-state index contributed by atoms with van der Waals surface area (Å²) in [5, 5.41) is 0. The number of fused-ring (bicyclic) bond motifs is 2. The van der Waals surface area contributed by atoms with Gasteiger partial charge >= 0.3 is 0 Å². The lowest BCUT2D eigenvalue weighted by atomic mass is 9.82. The number of benzene rings is 1. The van der Waals surface area contributed by atoms with Crippen LogP contribution in [0.2, 0.25) is 0 Å². The van der Waals surface area contributed by atoms with Crippen LogP contribution in [0.25, 0.3) is 11.6 Å². The van der Waals surface area contributed by atoms with Crippen molar-refractivity contribution in [3.63, 3.8) is 0 Å². The van der Waals surface area contributed by atoms with Gasteiger partial charge in [0, 0.05) is 12.1 Å². The Labute approximate surface area is 102 Å². The predicted octanol–water partition coefficient (Wildman–Crippen LogP) is 3.60. The van der Waals surface area contributed by atoms with Gasteiger partial charge in [0.15, 0.2) is 0 Å². The number of allylic oxidation sites excluding steroid dienone is 2. The summed E-state index contributed by atoms with van der Waals surface area (Å²) in [5.41, 5.74) is 8.93. The van der Waals surface area contributed by atoms with Gasteiger partial charge in [-0.05, 0) is 40.7 Å². The molecule has 0 saturated heterocycles. The molecule has 1 aromatic rings. The van der Waals surface area contributed by atoms with Crippen LogP contribution in [0, 0.1) is 17.7 Å². The third-order valence-corrected chi connectivity index (χ3v) is 3.72. The molecule has 90 valence electrons. The molecule has 2 atom stereocenters. The highest BCUT2D eigenvalue weighted by Gasteiger charge is 2.19. The Morgan fingerprint density at radius 1 is 1.35 bits per heavy atom. The quantitative estimate of drug-likeness (QED) is 0.785. The monoisotopic (exact) mass is 231 g/mol. The van der Waals surface area contributed by atoms with Gasteiger partial charge in [0.05, 0.1) is 0 Å². The maximum absolute atomic E-state index is 13.9.